The van der Waals surface area contributed by atoms with Crippen molar-refractivity contribution >= 4 is 60.2 Å². The summed E-state index contributed by atoms with van der Waals surface area (Å²) in [6.45, 7) is 8.03. The van der Waals surface area contributed by atoms with Gasteiger partial charge in [-0.1, -0.05) is 122 Å². The molecule has 4 nitrogen and oxygen atoms in total. The lowest BCUT2D eigenvalue weighted by molar-refractivity contribution is 1.17. The number of hydrogen-bond donors (Lipinski definition) is 0. The Morgan fingerprint density at radius 2 is 1.07 bits per heavy atom. The Kier molecular flexibility index (Phi) is 7.41. The molecule has 3 heterocycles. The van der Waals surface area contributed by atoms with Crippen LogP contribution in [0.2, 0.25) is 0 Å². The first-order chi connectivity index (χ1) is 26.7. The van der Waals surface area contributed by atoms with E-state index in [2.05, 4.69) is 168 Å². The first-order valence-electron chi connectivity index (χ1n) is 18.2. The Balaban J connectivity index is 1.11. The molecule has 0 aliphatic rings. The summed E-state index contributed by atoms with van der Waals surface area (Å²) in [5.74, 6) is 0.709. The van der Waals surface area contributed by atoms with Crippen LogP contribution in [0, 0.1) is 0 Å². The fourth-order valence-electron chi connectivity index (χ4n) is 7.99. The summed E-state index contributed by atoms with van der Waals surface area (Å²) in [4.78, 5) is 10.1. The number of rotatable bonds is 7. The van der Waals surface area contributed by atoms with Gasteiger partial charge in [-0.25, -0.2) is 9.97 Å². The number of benzene rings is 7. The second-order valence-corrected chi connectivity index (χ2v) is 13.5. The van der Waals surface area contributed by atoms with Crippen molar-refractivity contribution in [3.05, 3.63) is 195 Å². The molecule has 0 atom stereocenters. The number of allylic oxidation sites excluding steroid dienone is 4. The monoisotopic (exact) mass is 690 g/mol. The summed E-state index contributed by atoms with van der Waals surface area (Å²) in [6.07, 6.45) is 5.70. The molecule has 0 amide bonds. The van der Waals surface area contributed by atoms with Gasteiger partial charge < -0.3 is 9.13 Å². The van der Waals surface area contributed by atoms with E-state index in [-0.39, 0.29) is 0 Å². The van der Waals surface area contributed by atoms with Gasteiger partial charge >= 0.3 is 0 Å². The summed E-state index contributed by atoms with van der Waals surface area (Å²) < 4.78 is 4.63. The fraction of sp³-hybridized carbons (Fsp3) is 0. The summed E-state index contributed by atoms with van der Waals surface area (Å²) >= 11 is 0. The molecule has 4 heteroatoms. The van der Waals surface area contributed by atoms with E-state index in [0.29, 0.717) is 5.82 Å². The van der Waals surface area contributed by atoms with Gasteiger partial charge in [0, 0.05) is 49.4 Å². The number of hydrogen-bond acceptors (Lipinski definition) is 2. The molecule has 10 aromatic rings. The van der Waals surface area contributed by atoms with Gasteiger partial charge in [0.05, 0.1) is 33.3 Å². The maximum absolute atomic E-state index is 5.11. The number of fused-ring (bicyclic) bond motifs is 7. The lowest BCUT2D eigenvalue weighted by Crippen LogP contribution is -1.97. The van der Waals surface area contributed by atoms with Gasteiger partial charge in [0.25, 0.3) is 0 Å². The van der Waals surface area contributed by atoms with Crippen LogP contribution in [0.4, 0.5) is 0 Å². The first-order valence-corrected chi connectivity index (χ1v) is 18.2. The third kappa shape index (κ3) is 5.00. The molecule has 10 rings (SSSR count). The number of para-hydroxylation sites is 3. The Bertz CT molecular complexity index is 3120. The zero-order valence-corrected chi connectivity index (χ0v) is 29.5. The molecular formula is C50H34N4. The fourth-order valence-corrected chi connectivity index (χ4v) is 7.99. The number of nitrogens with zero attached hydrogens (tertiary/aromatic N) is 4. The molecule has 0 unspecified atom stereocenters. The zero-order valence-electron chi connectivity index (χ0n) is 29.5. The molecule has 254 valence electrons. The molecule has 7 aromatic carbocycles. The molecular weight excluding hydrogens is 657 g/mol. The van der Waals surface area contributed by atoms with E-state index in [1.165, 1.54) is 21.5 Å². The van der Waals surface area contributed by atoms with E-state index in [1.807, 2.05) is 36.4 Å². The van der Waals surface area contributed by atoms with Crippen molar-refractivity contribution < 1.29 is 0 Å². The first kappa shape index (κ1) is 31.4. The van der Waals surface area contributed by atoms with Crippen LogP contribution in [0.15, 0.2) is 195 Å². The second kappa shape index (κ2) is 12.7. The topological polar surface area (TPSA) is 35.6 Å². The van der Waals surface area contributed by atoms with Crippen molar-refractivity contribution in [3.63, 3.8) is 0 Å². The van der Waals surface area contributed by atoms with E-state index in [1.54, 1.807) is 0 Å². The molecule has 0 fully saturated rings. The van der Waals surface area contributed by atoms with Crippen molar-refractivity contribution in [2.75, 3.05) is 0 Å². The largest absolute Gasteiger partial charge is 0.309 e. The van der Waals surface area contributed by atoms with Gasteiger partial charge in [-0.3, -0.25) is 0 Å². The standard InChI is InChI=1S/C50H34N4/c1-3-14-37(4-2)53-46-22-13-10-18-40(46)43-31-35(26-30-47(43)53)36-25-29-41-39-17-9-12-21-45(39)54(48(41)32-36)38-27-23-34(24-28-38)50-51-44-20-11-8-19-42(44)49(52-50)33-15-6-5-7-16-33/h3-32H,1-2H2/b37-14+. The van der Waals surface area contributed by atoms with Crippen LogP contribution < -0.4 is 0 Å². The maximum atomic E-state index is 5.11. The average Bonchev–Trinajstić information content (AvgIpc) is 3.75. The molecule has 0 N–H and O–H groups in total. The van der Waals surface area contributed by atoms with E-state index >= 15 is 0 Å². The van der Waals surface area contributed by atoms with Crippen molar-refractivity contribution in [1.29, 1.82) is 0 Å². The summed E-state index contributed by atoms with van der Waals surface area (Å²) in [6, 6.07) is 58.0. The predicted octanol–water partition coefficient (Wildman–Crippen LogP) is 13.0. The minimum absolute atomic E-state index is 0.709. The average molecular weight is 691 g/mol. The highest BCUT2D eigenvalue weighted by Gasteiger charge is 2.17. The quantitative estimate of drug-likeness (QED) is 0.156. The molecule has 0 saturated heterocycles. The highest BCUT2D eigenvalue weighted by Crippen LogP contribution is 2.38. The van der Waals surface area contributed by atoms with Crippen LogP contribution in [0.1, 0.15) is 0 Å². The molecule has 0 radical (unpaired) electrons. The summed E-state index contributed by atoms with van der Waals surface area (Å²) in [5, 5.41) is 5.88. The minimum atomic E-state index is 0.709. The van der Waals surface area contributed by atoms with E-state index in [4.69, 9.17) is 9.97 Å². The van der Waals surface area contributed by atoms with E-state index < -0.39 is 0 Å². The SMILES string of the molecule is C=C/C=C(\C=C)n1c2ccccc2c2cc(-c3ccc4c5ccccc5n(-c5ccc(-c6nc(-c7ccccc7)c7ccccc7n6)cc5)c4c3)ccc21. The van der Waals surface area contributed by atoms with Crippen molar-refractivity contribution in [2.45, 2.75) is 0 Å². The highest BCUT2D eigenvalue weighted by atomic mass is 15.0. The Labute approximate surface area is 312 Å². The molecule has 0 aliphatic heterocycles. The van der Waals surface area contributed by atoms with Crippen LogP contribution in [0.3, 0.4) is 0 Å². The van der Waals surface area contributed by atoms with Crippen LogP contribution in [0.25, 0.3) is 99.7 Å². The van der Waals surface area contributed by atoms with Gasteiger partial charge in [-0.2, -0.15) is 0 Å². The zero-order chi connectivity index (χ0) is 36.2. The highest BCUT2D eigenvalue weighted by molar-refractivity contribution is 6.13. The second-order valence-electron chi connectivity index (χ2n) is 13.5. The molecule has 54 heavy (non-hydrogen) atoms. The van der Waals surface area contributed by atoms with Gasteiger partial charge in [0.2, 0.25) is 0 Å². The lowest BCUT2D eigenvalue weighted by atomic mass is 10.0. The molecule has 0 spiro atoms. The number of aromatic nitrogens is 4. The van der Waals surface area contributed by atoms with Gasteiger partial charge in [-0.15, -0.1) is 0 Å². The van der Waals surface area contributed by atoms with E-state index in [9.17, 15) is 0 Å². The van der Waals surface area contributed by atoms with Crippen molar-refractivity contribution in [3.8, 4) is 39.5 Å². The van der Waals surface area contributed by atoms with Gasteiger partial charge in [-0.05, 0) is 83.9 Å². The maximum Gasteiger partial charge on any atom is 0.160 e. The van der Waals surface area contributed by atoms with Crippen LogP contribution in [-0.4, -0.2) is 19.1 Å². The summed E-state index contributed by atoms with van der Waals surface area (Å²) in [7, 11) is 0. The van der Waals surface area contributed by atoms with Crippen LogP contribution in [0.5, 0.6) is 0 Å². The molecule has 3 aromatic heterocycles. The van der Waals surface area contributed by atoms with Crippen molar-refractivity contribution in [1.82, 2.24) is 19.1 Å². The predicted molar refractivity (Wildman–Crippen MR) is 228 cm³/mol. The summed E-state index contributed by atoms with van der Waals surface area (Å²) in [5.41, 5.74) is 12.9. The normalized spacial score (nSPS) is 12.0. The Morgan fingerprint density at radius 3 is 1.85 bits per heavy atom. The lowest BCUT2D eigenvalue weighted by Gasteiger charge is -2.12. The molecule has 0 saturated carbocycles. The minimum Gasteiger partial charge on any atom is -0.309 e. The van der Waals surface area contributed by atoms with E-state index in [0.717, 1.165) is 72.3 Å². The molecule has 0 bridgehead atoms. The Morgan fingerprint density at radius 1 is 0.463 bits per heavy atom. The van der Waals surface area contributed by atoms with Gasteiger partial charge in [0.1, 0.15) is 0 Å². The third-order valence-corrected chi connectivity index (χ3v) is 10.5. The molecule has 0 aliphatic carbocycles. The third-order valence-electron chi connectivity index (χ3n) is 10.5. The smallest absolute Gasteiger partial charge is 0.160 e. The van der Waals surface area contributed by atoms with Crippen molar-refractivity contribution in [2.24, 2.45) is 0 Å². The van der Waals surface area contributed by atoms with Gasteiger partial charge in [0.15, 0.2) is 5.82 Å². The van der Waals surface area contributed by atoms with Crippen LogP contribution >= 0.6 is 0 Å². The Hall–Kier alpha value is -7.30. The van der Waals surface area contributed by atoms with Crippen LogP contribution in [-0.2, 0) is 0 Å².